The van der Waals surface area contributed by atoms with E-state index in [9.17, 15) is 8.78 Å². The second kappa shape index (κ2) is 7.26. The average molecular weight is 353 g/mol. The summed E-state index contributed by atoms with van der Waals surface area (Å²) in [6, 6.07) is 14.2. The molecule has 0 fully saturated rings. The first kappa shape index (κ1) is 18.1. The first-order chi connectivity index (χ1) is 12.5. The molecule has 0 saturated carbocycles. The first-order valence-electron chi connectivity index (χ1n) is 8.39. The number of methoxy groups -OCH3 is 1. The van der Waals surface area contributed by atoms with Crippen molar-refractivity contribution in [3.63, 3.8) is 0 Å². The lowest BCUT2D eigenvalue weighted by Crippen LogP contribution is -2.04. The Kier molecular flexibility index (Phi) is 5.05. The summed E-state index contributed by atoms with van der Waals surface area (Å²) in [7, 11) is 1.49. The predicted octanol–water partition coefficient (Wildman–Crippen LogP) is 5.38. The summed E-state index contributed by atoms with van der Waals surface area (Å²) in [5, 5.41) is 0. The fourth-order valence-electron chi connectivity index (χ4n) is 3.24. The molecule has 134 valence electrons. The van der Waals surface area contributed by atoms with Gasteiger partial charge in [0.1, 0.15) is 17.4 Å². The van der Waals surface area contributed by atoms with Crippen LogP contribution in [0.5, 0.6) is 5.75 Å². The Morgan fingerprint density at radius 2 is 1.58 bits per heavy atom. The van der Waals surface area contributed by atoms with Gasteiger partial charge in [0.15, 0.2) is 0 Å². The van der Waals surface area contributed by atoms with Crippen molar-refractivity contribution >= 4 is 0 Å². The van der Waals surface area contributed by atoms with E-state index < -0.39 is 5.82 Å². The highest BCUT2D eigenvalue weighted by atomic mass is 19.1. The number of benzene rings is 3. The van der Waals surface area contributed by atoms with Gasteiger partial charge in [-0.05, 0) is 53.8 Å². The lowest BCUT2D eigenvalue weighted by molar-refractivity contribution is 0.405. The molecular weight excluding hydrogens is 332 g/mol. The Labute approximate surface area is 152 Å². The highest BCUT2D eigenvalue weighted by Gasteiger charge is 2.16. The molecule has 0 aliphatic carbocycles. The van der Waals surface area contributed by atoms with Crippen LogP contribution in [-0.2, 0) is 6.54 Å². The minimum absolute atomic E-state index is 0.0583. The number of ether oxygens (including phenoxy) is 1. The number of nitrogens with two attached hydrogens (primary N) is 1. The molecule has 3 aromatic rings. The largest absolute Gasteiger partial charge is 0.496 e. The van der Waals surface area contributed by atoms with Gasteiger partial charge < -0.3 is 10.5 Å². The van der Waals surface area contributed by atoms with Crippen molar-refractivity contribution in [1.29, 1.82) is 0 Å². The number of rotatable bonds is 4. The van der Waals surface area contributed by atoms with Gasteiger partial charge in [0.05, 0.1) is 7.11 Å². The van der Waals surface area contributed by atoms with Gasteiger partial charge in [0, 0.05) is 17.7 Å². The molecule has 26 heavy (non-hydrogen) atoms. The topological polar surface area (TPSA) is 35.2 Å². The van der Waals surface area contributed by atoms with Crippen LogP contribution in [0.1, 0.15) is 16.7 Å². The third-order valence-corrected chi connectivity index (χ3v) is 4.71. The molecule has 0 amide bonds. The molecule has 3 rings (SSSR count). The molecule has 0 saturated heterocycles. The number of hydrogen-bond acceptors (Lipinski definition) is 2. The highest BCUT2D eigenvalue weighted by Crippen LogP contribution is 2.36. The lowest BCUT2D eigenvalue weighted by atomic mass is 9.91. The van der Waals surface area contributed by atoms with Crippen LogP contribution in [0.3, 0.4) is 0 Å². The predicted molar refractivity (Wildman–Crippen MR) is 101 cm³/mol. The van der Waals surface area contributed by atoms with E-state index in [2.05, 4.69) is 0 Å². The lowest BCUT2D eigenvalue weighted by Gasteiger charge is -2.15. The quantitative estimate of drug-likeness (QED) is 0.683. The maximum Gasteiger partial charge on any atom is 0.133 e. The maximum atomic E-state index is 14.6. The van der Waals surface area contributed by atoms with E-state index in [1.165, 1.54) is 13.2 Å². The summed E-state index contributed by atoms with van der Waals surface area (Å²) in [6.45, 7) is 3.71. The van der Waals surface area contributed by atoms with Crippen molar-refractivity contribution < 1.29 is 13.5 Å². The third kappa shape index (κ3) is 3.08. The summed E-state index contributed by atoms with van der Waals surface area (Å²) in [4.78, 5) is 0. The van der Waals surface area contributed by atoms with Crippen LogP contribution in [0.4, 0.5) is 8.78 Å². The number of halogens is 2. The zero-order valence-corrected chi connectivity index (χ0v) is 15.1. The van der Waals surface area contributed by atoms with Crippen LogP contribution in [0.2, 0.25) is 0 Å². The fraction of sp³-hybridized carbons (Fsp3) is 0.182. The van der Waals surface area contributed by atoms with E-state index in [0.29, 0.717) is 28.0 Å². The van der Waals surface area contributed by atoms with Crippen LogP contribution >= 0.6 is 0 Å². The van der Waals surface area contributed by atoms with Crippen LogP contribution in [0.25, 0.3) is 22.3 Å². The summed E-state index contributed by atoms with van der Waals surface area (Å²) in [6.07, 6.45) is 0. The van der Waals surface area contributed by atoms with E-state index in [-0.39, 0.29) is 12.4 Å². The van der Waals surface area contributed by atoms with Gasteiger partial charge in [-0.3, -0.25) is 0 Å². The molecule has 0 aromatic heterocycles. The molecule has 0 bridgehead atoms. The molecule has 2 N–H and O–H groups in total. The molecule has 0 unspecified atom stereocenters. The van der Waals surface area contributed by atoms with Crippen LogP contribution in [0, 0.1) is 25.5 Å². The monoisotopic (exact) mass is 353 g/mol. The molecule has 0 spiro atoms. The Morgan fingerprint density at radius 3 is 2.27 bits per heavy atom. The van der Waals surface area contributed by atoms with Gasteiger partial charge in [-0.2, -0.15) is 0 Å². The minimum Gasteiger partial charge on any atom is -0.496 e. The van der Waals surface area contributed by atoms with Gasteiger partial charge in [-0.15, -0.1) is 0 Å². The number of aryl methyl sites for hydroxylation is 1. The van der Waals surface area contributed by atoms with Gasteiger partial charge in [0.25, 0.3) is 0 Å². The highest BCUT2D eigenvalue weighted by molar-refractivity contribution is 5.79. The normalized spacial score (nSPS) is 10.8. The Morgan fingerprint density at radius 1 is 0.923 bits per heavy atom. The van der Waals surface area contributed by atoms with Gasteiger partial charge in [0.2, 0.25) is 0 Å². The molecule has 0 aliphatic heterocycles. The molecule has 0 aliphatic rings. The molecule has 4 heteroatoms. The van der Waals surface area contributed by atoms with E-state index >= 15 is 0 Å². The van der Waals surface area contributed by atoms with E-state index in [0.717, 1.165) is 16.7 Å². The summed E-state index contributed by atoms with van der Waals surface area (Å²) in [5.74, 6) is -0.239. The molecule has 0 heterocycles. The van der Waals surface area contributed by atoms with E-state index in [1.54, 1.807) is 25.1 Å². The second-order valence-electron chi connectivity index (χ2n) is 6.26. The average Bonchev–Trinajstić information content (AvgIpc) is 2.63. The molecule has 2 nitrogen and oxygen atoms in total. The Balaban J connectivity index is 2.20. The zero-order chi connectivity index (χ0) is 18.8. The summed E-state index contributed by atoms with van der Waals surface area (Å²) in [5.41, 5.74) is 10.2. The Hall–Kier alpha value is -2.72. The smallest absolute Gasteiger partial charge is 0.133 e. The molecule has 3 aromatic carbocycles. The van der Waals surface area contributed by atoms with Crippen molar-refractivity contribution in [3.05, 3.63) is 76.9 Å². The Bertz CT molecular complexity index is 967. The SMILES string of the molecule is COc1cc(-c2cccc(-c3cccc(C)c3F)c2C)cc(F)c1CN. The second-order valence-corrected chi connectivity index (χ2v) is 6.26. The van der Waals surface area contributed by atoms with Crippen molar-refractivity contribution in [2.75, 3.05) is 7.11 Å². The van der Waals surface area contributed by atoms with Crippen LogP contribution in [-0.4, -0.2) is 7.11 Å². The molecular formula is C22H21F2NO. The van der Waals surface area contributed by atoms with Gasteiger partial charge in [-0.25, -0.2) is 8.78 Å². The minimum atomic E-state index is -0.409. The van der Waals surface area contributed by atoms with Crippen LogP contribution in [0.15, 0.2) is 48.5 Å². The van der Waals surface area contributed by atoms with E-state index in [4.69, 9.17) is 10.5 Å². The summed E-state index contributed by atoms with van der Waals surface area (Å²) >= 11 is 0. The van der Waals surface area contributed by atoms with E-state index in [1.807, 2.05) is 31.2 Å². The van der Waals surface area contributed by atoms with Crippen LogP contribution < -0.4 is 10.5 Å². The zero-order valence-electron chi connectivity index (χ0n) is 15.1. The van der Waals surface area contributed by atoms with Gasteiger partial charge >= 0.3 is 0 Å². The van der Waals surface area contributed by atoms with Crippen molar-refractivity contribution in [2.24, 2.45) is 5.73 Å². The maximum absolute atomic E-state index is 14.6. The number of hydrogen-bond donors (Lipinski definition) is 1. The van der Waals surface area contributed by atoms with Crippen molar-refractivity contribution in [2.45, 2.75) is 20.4 Å². The summed E-state index contributed by atoms with van der Waals surface area (Å²) < 4.78 is 34.3. The van der Waals surface area contributed by atoms with Crippen molar-refractivity contribution in [1.82, 2.24) is 0 Å². The molecule has 0 radical (unpaired) electrons. The standard InChI is InChI=1S/C22H21F2NO/c1-13-6-4-9-18(22(13)24)17-8-5-7-16(14(17)2)15-10-20(23)19(12-25)21(11-15)26-3/h4-11H,12,25H2,1-3H3. The third-order valence-electron chi connectivity index (χ3n) is 4.71. The first-order valence-corrected chi connectivity index (χ1v) is 8.39. The van der Waals surface area contributed by atoms with Gasteiger partial charge in [-0.1, -0.05) is 36.4 Å². The molecule has 0 atom stereocenters. The van der Waals surface area contributed by atoms with Crippen molar-refractivity contribution in [3.8, 4) is 28.0 Å². The fourth-order valence-corrected chi connectivity index (χ4v) is 3.24.